The number of pyridine rings is 1. The zero-order valence-corrected chi connectivity index (χ0v) is 29.2. The number of aliphatic hydroxyl groups is 3. The maximum absolute atomic E-state index is 14.0. The van der Waals surface area contributed by atoms with Crippen molar-refractivity contribution in [3.8, 4) is 0 Å². The van der Waals surface area contributed by atoms with Gasteiger partial charge >= 0.3 is 0 Å². The van der Waals surface area contributed by atoms with Crippen LogP contribution in [0.3, 0.4) is 0 Å². The van der Waals surface area contributed by atoms with E-state index in [-0.39, 0.29) is 25.7 Å². The van der Waals surface area contributed by atoms with Crippen molar-refractivity contribution in [1.29, 1.82) is 0 Å². The Morgan fingerprint density at radius 3 is 1.88 bits per heavy atom. The summed E-state index contributed by atoms with van der Waals surface area (Å²) in [6, 6.07) is 28.7. The smallest absolute Gasteiger partial charge is 0.252 e. The number of rotatable bonds is 17. The Hall–Kier alpha value is -4.98. The van der Waals surface area contributed by atoms with Crippen LogP contribution in [0.25, 0.3) is 0 Å². The van der Waals surface area contributed by atoms with Gasteiger partial charge < -0.3 is 40.7 Å². The molecule has 3 amide bonds. The van der Waals surface area contributed by atoms with Gasteiger partial charge in [0.25, 0.3) is 11.8 Å². The fourth-order valence-electron chi connectivity index (χ4n) is 6.08. The Morgan fingerprint density at radius 1 is 0.750 bits per heavy atom. The summed E-state index contributed by atoms with van der Waals surface area (Å²) >= 11 is 0. The fourth-order valence-corrected chi connectivity index (χ4v) is 6.08. The molecule has 52 heavy (non-hydrogen) atoms. The molecular weight excluding hydrogens is 664 g/mol. The minimum atomic E-state index is -2.00. The molecule has 1 aliphatic carbocycles. The zero-order chi connectivity index (χ0) is 37.0. The van der Waals surface area contributed by atoms with Gasteiger partial charge in [0, 0.05) is 12.6 Å². The van der Waals surface area contributed by atoms with Gasteiger partial charge in [0.05, 0.1) is 37.6 Å². The summed E-state index contributed by atoms with van der Waals surface area (Å²) in [4.78, 5) is 45.4. The molecule has 7 atom stereocenters. The molecular formula is C40H46N4O8. The molecule has 4 aromatic rings. The van der Waals surface area contributed by atoms with E-state index in [1.54, 1.807) is 98.9 Å². The highest BCUT2D eigenvalue weighted by molar-refractivity contribution is 5.90. The summed E-state index contributed by atoms with van der Waals surface area (Å²) in [6.07, 6.45) is -6.43. The molecule has 0 saturated heterocycles. The summed E-state index contributed by atoms with van der Waals surface area (Å²) in [5.41, 5.74) is 3.60. The van der Waals surface area contributed by atoms with Crippen LogP contribution in [-0.2, 0) is 50.0 Å². The predicted molar refractivity (Wildman–Crippen MR) is 192 cm³/mol. The quantitative estimate of drug-likeness (QED) is 0.0961. The number of nitrogens with zero attached hydrogens (tertiary/aromatic N) is 1. The SMILES string of the molecule is CC(C)[C@H](NC(=O)[C@H](OCc1ccccc1)[C@H](O)[C@@H](O)[C@@H](OCc1ccccc1)C(=O)N[C@H]1c2ccccc2C[C@H]1O)C(=O)NCc1ccccn1. The zero-order valence-electron chi connectivity index (χ0n) is 29.2. The number of amides is 3. The highest BCUT2D eigenvalue weighted by Gasteiger charge is 2.43. The van der Waals surface area contributed by atoms with Gasteiger partial charge in [-0.25, -0.2) is 0 Å². The van der Waals surface area contributed by atoms with E-state index in [1.807, 2.05) is 24.3 Å². The first-order valence-corrected chi connectivity index (χ1v) is 17.3. The molecule has 1 aromatic heterocycles. The first-order valence-electron chi connectivity index (χ1n) is 17.3. The van der Waals surface area contributed by atoms with E-state index in [0.29, 0.717) is 23.2 Å². The number of carbonyl (C=O) groups is 3. The molecule has 274 valence electrons. The lowest BCUT2D eigenvalue weighted by Crippen LogP contribution is -2.59. The maximum Gasteiger partial charge on any atom is 0.252 e. The third-order valence-corrected chi connectivity index (χ3v) is 8.95. The monoisotopic (exact) mass is 710 g/mol. The van der Waals surface area contributed by atoms with Crippen molar-refractivity contribution < 1.29 is 39.2 Å². The molecule has 3 aromatic carbocycles. The van der Waals surface area contributed by atoms with Gasteiger partial charge in [0.1, 0.15) is 18.2 Å². The molecule has 12 heteroatoms. The van der Waals surface area contributed by atoms with Crippen LogP contribution in [0.4, 0.5) is 0 Å². The van der Waals surface area contributed by atoms with Gasteiger partial charge in [-0.1, -0.05) is 105 Å². The number of carbonyl (C=O) groups excluding carboxylic acids is 3. The number of nitrogens with one attached hydrogen (secondary N) is 3. The van der Waals surface area contributed by atoms with Crippen LogP contribution < -0.4 is 16.0 Å². The number of fused-ring (bicyclic) bond motifs is 1. The Labute approximate surface area is 303 Å². The molecule has 6 N–H and O–H groups in total. The van der Waals surface area contributed by atoms with Crippen LogP contribution in [0.15, 0.2) is 109 Å². The van der Waals surface area contributed by atoms with Gasteiger partial charge in [0.2, 0.25) is 5.91 Å². The van der Waals surface area contributed by atoms with Gasteiger partial charge in [0.15, 0.2) is 12.2 Å². The summed E-state index contributed by atoms with van der Waals surface area (Å²) in [7, 11) is 0. The maximum atomic E-state index is 14.0. The molecule has 0 saturated carbocycles. The Kier molecular flexibility index (Phi) is 13.6. The van der Waals surface area contributed by atoms with Crippen molar-refractivity contribution in [3.63, 3.8) is 0 Å². The lowest BCUT2D eigenvalue weighted by Gasteiger charge is -2.32. The van der Waals surface area contributed by atoms with E-state index in [2.05, 4.69) is 20.9 Å². The Bertz CT molecular complexity index is 1740. The largest absolute Gasteiger partial charge is 0.390 e. The Balaban J connectivity index is 1.37. The first-order chi connectivity index (χ1) is 25.1. The van der Waals surface area contributed by atoms with E-state index in [4.69, 9.17) is 9.47 Å². The van der Waals surface area contributed by atoms with Gasteiger partial charge in [-0.15, -0.1) is 0 Å². The minimum Gasteiger partial charge on any atom is -0.390 e. The fraction of sp³-hybridized carbons (Fsp3) is 0.350. The molecule has 0 unspecified atom stereocenters. The van der Waals surface area contributed by atoms with Gasteiger partial charge in [-0.05, 0) is 40.3 Å². The van der Waals surface area contributed by atoms with Crippen molar-refractivity contribution >= 4 is 17.7 Å². The van der Waals surface area contributed by atoms with E-state index in [9.17, 15) is 29.7 Å². The molecule has 0 aliphatic heterocycles. The lowest BCUT2D eigenvalue weighted by molar-refractivity contribution is -0.171. The average molecular weight is 711 g/mol. The number of ether oxygens (including phenoxy) is 2. The molecule has 1 heterocycles. The number of aliphatic hydroxyl groups excluding tert-OH is 3. The second kappa shape index (κ2) is 18.5. The van der Waals surface area contributed by atoms with E-state index < -0.39 is 60.3 Å². The van der Waals surface area contributed by atoms with E-state index >= 15 is 0 Å². The van der Waals surface area contributed by atoms with Crippen molar-refractivity contribution in [2.24, 2.45) is 5.92 Å². The van der Waals surface area contributed by atoms with Crippen LogP contribution in [-0.4, -0.2) is 74.6 Å². The highest BCUT2D eigenvalue weighted by atomic mass is 16.5. The number of hydrogen-bond donors (Lipinski definition) is 6. The average Bonchev–Trinajstić information content (AvgIpc) is 3.47. The number of benzene rings is 3. The third kappa shape index (κ3) is 10.1. The summed E-state index contributed by atoms with van der Waals surface area (Å²) < 4.78 is 11.9. The molecule has 0 fully saturated rings. The summed E-state index contributed by atoms with van der Waals surface area (Å²) in [6.45, 7) is 3.39. The molecule has 0 spiro atoms. The molecule has 1 aliphatic rings. The van der Waals surface area contributed by atoms with Crippen molar-refractivity contribution in [3.05, 3.63) is 137 Å². The van der Waals surface area contributed by atoms with Crippen molar-refractivity contribution in [2.45, 2.75) is 82.6 Å². The van der Waals surface area contributed by atoms with Crippen LogP contribution in [0.2, 0.25) is 0 Å². The third-order valence-electron chi connectivity index (χ3n) is 8.95. The van der Waals surface area contributed by atoms with Crippen LogP contribution >= 0.6 is 0 Å². The summed E-state index contributed by atoms with van der Waals surface area (Å²) in [5.74, 6) is -2.54. The first kappa shape index (κ1) is 38.3. The summed E-state index contributed by atoms with van der Waals surface area (Å²) in [5, 5.41) is 42.5. The van der Waals surface area contributed by atoms with Crippen LogP contribution in [0, 0.1) is 5.92 Å². The normalized spacial score (nSPS) is 18.0. The van der Waals surface area contributed by atoms with Gasteiger partial charge in [-0.2, -0.15) is 0 Å². The topological polar surface area (TPSA) is 179 Å². The lowest BCUT2D eigenvalue weighted by atomic mass is 9.98. The van der Waals surface area contributed by atoms with Crippen molar-refractivity contribution in [1.82, 2.24) is 20.9 Å². The van der Waals surface area contributed by atoms with E-state index in [1.165, 1.54) is 0 Å². The number of aromatic nitrogens is 1. The van der Waals surface area contributed by atoms with E-state index in [0.717, 1.165) is 11.1 Å². The second-order valence-corrected chi connectivity index (χ2v) is 13.1. The molecule has 0 bridgehead atoms. The standard InChI is InChI=1S/C40H46N4O8/c1-25(2)32(38(48)42-22-29-18-11-12-20-41-29)43-39(49)36(51-23-26-13-5-3-6-14-26)34(46)35(47)37(52-24-27-15-7-4-8-16-27)40(50)44-33-30-19-10-9-17-28(30)21-31(33)45/h3-20,25,31-37,45-47H,21-24H2,1-2H3,(H,42,48)(H,43,49)(H,44,50)/t31-,32+,33+,34-,35-,36-,37-/m1/s1. The van der Waals surface area contributed by atoms with Crippen LogP contribution in [0.5, 0.6) is 0 Å². The highest BCUT2D eigenvalue weighted by Crippen LogP contribution is 2.31. The molecule has 5 rings (SSSR count). The van der Waals surface area contributed by atoms with Crippen molar-refractivity contribution in [2.75, 3.05) is 0 Å². The predicted octanol–water partition coefficient (Wildman–Crippen LogP) is 2.51. The minimum absolute atomic E-state index is 0.111. The molecule has 0 radical (unpaired) electrons. The molecule has 12 nitrogen and oxygen atoms in total. The second-order valence-electron chi connectivity index (χ2n) is 13.1. The van der Waals surface area contributed by atoms with Gasteiger partial charge in [-0.3, -0.25) is 19.4 Å². The number of hydrogen-bond acceptors (Lipinski definition) is 9. The van der Waals surface area contributed by atoms with Crippen LogP contribution in [0.1, 0.15) is 47.8 Å². The Morgan fingerprint density at radius 2 is 1.31 bits per heavy atom.